The van der Waals surface area contributed by atoms with Gasteiger partial charge in [-0.3, -0.25) is 4.79 Å². The number of methoxy groups -OCH3 is 1. The molecule has 0 radical (unpaired) electrons. The number of esters is 1. The van der Waals surface area contributed by atoms with Crippen LogP contribution in [0, 0.1) is 5.92 Å². The van der Waals surface area contributed by atoms with E-state index in [1.165, 1.54) is 19.2 Å². The third-order valence-electron chi connectivity index (χ3n) is 2.02. The lowest BCUT2D eigenvalue weighted by Gasteiger charge is -2.09. The van der Waals surface area contributed by atoms with Crippen molar-refractivity contribution >= 4 is 5.97 Å². The summed E-state index contributed by atoms with van der Waals surface area (Å²) in [5, 5.41) is 0. The second-order valence-corrected chi connectivity index (χ2v) is 3.80. The van der Waals surface area contributed by atoms with E-state index in [1.54, 1.807) is 0 Å². The summed E-state index contributed by atoms with van der Waals surface area (Å²) in [4.78, 5) is 25.2. The van der Waals surface area contributed by atoms with Crippen molar-refractivity contribution in [1.29, 1.82) is 0 Å². The van der Waals surface area contributed by atoms with Crippen molar-refractivity contribution in [2.45, 2.75) is 20.3 Å². The number of H-pyrrole nitrogens is 1. The Hall–Kier alpha value is -1.58. The van der Waals surface area contributed by atoms with E-state index in [4.69, 9.17) is 0 Å². The van der Waals surface area contributed by atoms with Crippen LogP contribution >= 0.6 is 0 Å². The number of nitrogens with one attached hydrogen (secondary N) is 1. The van der Waals surface area contributed by atoms with Gasteiger partial charge in [-0.15, -0.1) is 0 Å². The number of carbonyl (C=O) groups excluding carboxylic acids is 1. The average molecular weight is 209 g/mol. The monoisotopic (exact) mass is 209 g/mol. The number of aromatic nitrogens is 1. The molecular formula is C11H15NO3. The molecule has 0 atom stereocenters. The molecule has 1 rings (SSSR count). The minimum atomic E-state index is -0.415. The molecule has 4 heteroatoms. The Bertz CT molecular complexity index is 407. The Morgan fingerprint density at radius 2 is 2.13 bits per heavy atom. The lowest BCUT2D eigenvalue weighted by Crippen LogP contribution is -2.16. The Morgan fingerprint density at radius 3 is 2.67 bits per heavy atom. The lowest BCUT2D eigenvalue weighted by molar-refractivity contribution is 0.0598. The number of hydrogen-bond acceptors (Lipinski definition) is 3. The minimum absolute atomic E-state index is 0.196. The summed E-state index contributed by atoms with van der Waals surface area (Å²) in [6.07, 6.45) is 0.653. The van der Waals surface area contributed by atoms with E-state index in [1.807, 2.05) is 13.8 Å². The van der Waals surface area contributed by atoms with Gasteiger partial charge in [-0.25, -0.2) is 4.79 Å². The highest BCUT2D eigenvalue weighted by atomic mass is 16.5. The third kappa shape index (κ3) is 2.94. The summed E-state index contributed by atoms with van der Waals surface area (Å²) in [5.41, 5.74) is 0.883. The fourth-order valence-corrected chi connectivity index (χ4v) is 1.39. The normalized spacial score (nSPS) is 10.4. The summed E-state index contributed by atoms with van der Waals surface area (Å²) in [6, 6.07) is 2.83. The molecule has 0 unspecified atom stereocenters. The van der Waals surface area contributed by atoms with Gasteiger partial charge in [0.1, 0.15) is 0 Å². The molecule has 0 fully saturated rings. The number of rotatable bonds is 3. The standard InChI is InChI=1S/C11H15NO3/c1-7(2)6-9-8(11(14)15-3)4-5-10(13)12-9/h4-5,7H,6H2,1-3H3,(H,12,13). The maximum absolute atomic E-state index is 11.4. The first-order chi connectivity index (χ1) is 7.04. The topological polar surface area (TPSA) is 59.2 Å². The molecular weight excluding hydrogens is 194 g/mol. The van der Waals surface area contributed by atoms with Crippen molar-refractivity contribution in [3.63, 3.8) is 0 Å². The Morgan fingerprint density at radius 1 is 1.47 bits per heavy atom. The fraction of sp³-hybridized carbons (Fsp3) is 0.455. The van der Waals surface area contributed by atoms with E-state index in [9.17, 15) is 9.59 Å². The third-order valence-corrected chi connectivity index (χ3v) is 2.02. The summed E-state index contributed by atoms with van der Waals surface area (Å²) >= 11 is 0. The molecule has 0 aromatic carbocycles. The molecule has 0 bridgehead atoms. The van der Waals surface area contributed by atoms with Crippen LogP contribution in [0.4, 0.5) is 0 Å². The van der Waals surface area contributed by atoms with E-state index >= 15 is 0 Å². The fourth-order valence-electron chi connectivity index (χ4n) is 1.39. The van der Waals surface area contributed by atoms with Gasteiger partial charge in [0.2, 0.25) is 5.56 Å². The number of aromatic amines is 1. The second kappa shape index (κ2) is 4.77. The molecule has 1 aromatic rings. The number of carbonyl (C=O) groups is 1. The van der Waals surface area contributed by atoms with Gasteiger partial charge >= 0.3 is 5.97 Å². The molecule has 0 aliphatic rings. The highest BCUT2D eigenvalue weighted by Gasteiger charge is 2.13. The van der Waals surface area contributed by atoms with Crippen molar-refractivity contribution in [2.24, 2.45) is 5.92 Å². The van der Waals surface area contributed by atoms with Crippen LogP contribution in [0.3, 0.4) is 0 Å². The number of ether oxygens (including phenoxy) is 1. The molecule has 4 nitrogen and oxygen atoms in total. The predicted molar refractivity (Wildman–Crippen MR) is 56.9 cm³/mol. The van der Waals surface area contributed by atoms with Gasteiger partial charge in [0, 0.05) is 11.8 Å². The van der Waals surface area contributed by atoms with Gasteiger partial charge in [-0.1, -0.05) is 13.8 Å². The number of hydrogen-bond donors (Lipinski definition) is 1. The molecule has 1 N–H and O–H groups in total. The zero-order valence-corrected chi connectivity index (χ0v) is 9.16. The van der Waals surface area contributed by atoms with Gasteiger partial charge in [-0.05, 0) is 18.4 Å². The smallest absolute Gasteiger partial charge is 0.339 e. The van der Waals surface area contributed by atoms with Gasteiger partial charge < -0.3 is 9.72 Å². The minimum Gasteiger partial charge on any atom is -0.465 e. The summed E-state index contributed by atoms with van der Waals surface area (Å²) < 4.78 is 4.64. The molecule has 1 heterocycles. The van der Waals surface area contributed by atoms with Gasteiger partial charge in [-0.2, -0.15) is 0 Å². The van der Waals surface area contributed by atoms with Crippen LogP contribution in [0.15, 0.2) is 16.9 Å². The summed E-state index contributed by atoms with van der Waals surface area (Å²) in [5.74, 6) is -0.0478. The number of pyridine rings is 1. The quantitative estimate of drug-likeness (QED) is 0.764. The molecule has 0 spiro atoms. The average Bonchev–Trinajstić information content (AvgIpc) is 2.16. The Kier molecular flexibility index (Phi) is 3.66. The second-order valence-electron chi connectivity index (χ2n) is 3.80. The predicted octanol–water partition coefficient (Wildman–Crippen LogP) is 1.36. The van der Waals surface area contributed by atoms with Crippen LogP contribution in [-0.4, -0.2) is 18.1 Å². The van der Waals surface area contributed by atoms with E-state index in [0.29, 0.717) is 23.6 Å². The van der Waals surface area contributed by atoms with Gasteiger partial charge in [0.05, 0.1) is 12.7 Å². The van der Waals surface area contributed by atoms with Crippen LogP contribution < -0.4 is 5.56 Å². The summed E-state index contributed by atoms with van der Waals surface area (Å²) in [6.45, 7) is 4.04. The molecule has 1 aromatic heterocycles. The van der Waals surface area contributed by atoms with Crippen molar-refractivity contribution in [3.8, 4) is 0 Å². The SMILES string of the molecule is COC(=O)c1ccc(=O)[nH]c1CC(C)C. The first kappa shape index (κ1) is 11.5. The highest BCUT2D eigenvalue weighted by Crippen LogP contribution is 2.10. The van der Waals surface area contributed by atoms with Crippen molar-refractivity contribution in [3.05, 3.63) is 33.7 Å². The zero-order valence-electron chi connectivity index (χ0n) is 9.16. The van der Waals surface area contributed by atoms with Gasteiger partial charge in [0.25, 0.3) is 0 Å². The van der Waals surface area contributed by atoms with Crippen LogP contribution in [0.1, 0.15) is 29.9 Å². The van der Waals surface area contributed by atoms with Crippen LogP contribution in [0.5, 0.6) is 0 Å². The Labute approximate surface area is 88.3 Å². The maximum atomic E-state index is 11.4. The first-order valence-electron chi connectivity index (χ1n) is 4.85. The van der Waals surface area contributed by atoms with Crippen LogP contribution in [0.25, 0.3) is 0 Å². The molecule has 15 heavy (non-hydrogen) atoms. The van der Waals surface area contributed by atoms with Crippen LogP contribution in [0.2, 0.25) is 0 Å². The highest BCUT2D eigenvalue weighted by molar-refractivity contribution is 5.90. The molecule has 0 saturated carbocycles. The largest absolute Gasteiger partial charge is 0.465 e. The van der Waals surface area contributed by atoms with E-state index < -0.39 is 5.97 Å². The molecule has 0 aliphatic carbocycles. The molecule has 0 saturated heterocycles. The lowest BCUT2D eigenvalue weighted by atomic mass is 10.0. The summed E-state index contributed by atoms with van der Waals surface area (Å²) in [7, 11) is 1.33. The molecule has 82 valence electrons. The van der Waals surface area contributed by atoms with Crippen molar-refractivity contribution < 1.29 is 9.53 Å². The molecule has 0 aliphatic heterocycles. The van der Waals surface area contributed by atoms with Gasteiger partial charge in [0.15, 0.2) is 0 Å². The molecule has 0 amide bonds. The first-order valence-corrected chi connectivity index (χ1v) is 4.85. The van der Waals surface area contributed by atoms with Crippen LogP contribution in [-0.2, 0) is 11.2 Å². The Balaban J connectivity index is 3.14. The van der Waals surface area contributed by atoms with E-state index in [-0.39, 0.29) is 5.56 Å². The van der Waals surface area contributed by atoms with Crippen molar-refractivity contribution in [1.82, 2.24) is 4.98 Å². The zero-order chi connectivity index (χ0) is 11.4. The maximum Gasteiger partial charge on any atom is 0.339 e. The van der Waals surface area contributed by atoms with Crippen molar-refractivity contribution in [2.75, 3.05) is 7.11 Å². The van der Waals surface area contributed by atoms with E-state index in [2.05, 4.69) is 9.72 Å². The van der Waals surface area contributed by atoms with E-state index in [0.717, 1.165) is 0 Å².